The van der Waals surface area contributed by atoms with E-state index in [1.807, 2.05) is 0 Å². The fourth-order valence-electron chi connectivity index (χ4n) is 3.94. The molecule has 0 unspecified atom stereocenters. The lowest BCUT2D eigenvalue weighted by atomic mass is 10.1. The standard InChI is InChI=1S/C24H48NO2.C2F6NO4S2/c1-6-9-12-15-20-25(18-10-7-2,19-11-8-3)21-16-13-14-17-22-27-24(26)23(4)5;3-1(4,5)14(10,11)9-15(12,13)2(6,7)8/h4,6-22H2,1-3,5H3;/q+1;-1. The molecular weight excluding hydrogens is 614 g/mol. The molecular formula is C26H48F6N2O6S2. The van der Waals surface area contributed by atoms with Crippen molar-refractivity contribution in [2.75, 3.05) is 32.8 Å². The van der Waals surface area contributed by atoms with Gasteiger partial charge in [0.15, 0.2) is 20.0 Å². The minimum Gasteiger partial charge on any atom is -0.462 e. The molecule has 0 aliphatic rings. The first-order valence-electron chi connectivity index (χ1n) is 14.3. The summed E-state index contributed by atoms with van der Waals surface area (Å²) in [6.45, 7) is 18.2. The topological polar surface area (TPSA) is 109 Å². The quantitative estimate of drug-likeness (QED) is 0.0409. The third kappa shape index (κ3) is 18.3. The molecule has 0 aromatic carbocycles. The third-order valence-electron chi connectivity index (χ3n) is 6.35. The molecule has 0 aliphatic carbocycles. The molecule has 0 aromatic heterocycles. The first-order valence-corrected chi connectivity index (χ1v) is 17.1. The van der Waals surface area contributed by atoms with Gasteiger partial charge in [0.05, 0.1) is 32.8 Å². The Labute approximate surface area is 247 Å². The first-order chi connectivity index (χ1) is 19.2. The molecule has 0 radical (unpaired) electrons. The smallest absolute Gasteiger partial charge is 0.462 e. The van der Waals surface area contributed by atoms with Crippen molar-refractivity contribution in [1.82, 2.24) is 0 Å². The lowest BCUT2D eigenvalue weighted by Crippen LogP contribution is -2.50. The molecule has 0 rings (SSSR count). The number of nitrogens with zero attached hydrogens (tertiary/aromatic N) is 2. The fraction of sp³-hybridized carbons (Fsp3) is 0.885. The molecule has 0 bridgehead atoms. The van der Waals surface area contributed by atoms with E-state index in [2.05, 4.69) is 27.4 Å². The van der Waals surface area contributed by atoms with Crippen LogP contribution in [0.5, 0.6) is 0 Å². The van der Waals surface area contributed by atoms with Crippen LogP contribution in [0.25, 0.3) is 4.13 Å². The number of unbranched alkanes of at least 4 members (excludes halogenated alkanes) is 8. The number of ether oxygens (including phenoxy) is 1. The molecule has 42 heavy (non-hydrogen) atoms. The number of hydrogen-bond acceptors (Lipinski definition) is 6. The van der Waals surface area contributed by atoms with Gasteiger partial charge < -0.3 is 13.3 Å². The van der Waals surface area contributed by atoms with E-state index in [1.165, 1.54) is 94.9 Å². The molecule has 0 spiro atoms. The molecule has 0 fully saturated rings. The monoisotopic (exact) mass is 662 g/mol. The van der Waals surface area contributed by atoms with Crippen molar-refractivity contribution in [3.8, 4) is 0 Å². The maximum absolute atomic E-state index is 11.4. The zero-order valence-corrected chi connectivity index (χ0v) is 26.8. The van der Waals surface area contributed by atoms with Crippen LogP contribution in [0, 0.1) is 0 Å². The number of alkyl halides is 6. The van der Waals surface area contributed by atoms with Gasteiger partial charge in [-0.15, -0.1) is 0 Å². The summed E-state index contributed by atoms with van der Waals surface area (Å²) in [6, 6.07) is 0. The molecule has 252 valence electrons. The second kappa shape index (κ2) is 20.5. The highest BCUT2D eigenvalue weighted by molar-refractivity contribution is 8.13. The predicted molar refractivity (Wildman–Crippen MR) is 151 cm³/mol. The van der Waals surface area contributed by atoms with Crippen LogP contribution >= 0.6 is 0 Å². The lowest BCUT2D eigenvalue weighted by molar-refractivity contribution is -0.929. The van der Waals surface area contributed by atoms with Crippen LogP contribution < -0.4 is 0 Å². The van der Waals surface area contributed by atoms with Gasteiger partial charge in [0, 0.05) is 5.57 Å². The van der Waals surface area contributed by atoms with Crippen molar-refractivity contribution in [3.05, 3.63) is 16.3 Å². The van der Waals surface area contributed by atoms with E-state index in [0.717, 1.165) is 17.0 Å². The first kappa shape index (κ1) is 42.7. The highest BCUT2D eigenvalue weighted by Gasteiger charge is 2.47. The van der Waals surface area contributed by atoms with Gasteiger partial charge in [0.1, 0.15) is 0 Å². The highest BCUT2D eigenvalue weighted by Crippen LogP contribution is 2.36. The average Bonchev–Trinajstić information content (AvgIpc) is 2.86. The van der Waals surface area contributed by atoms with Crippen LogP contribution in [0.3, 0.4) is 0 Å². The molecule has 16 heteroatoms. The van der Waals surface area contributed by atoms with Gasteiger partial charge in [0.25, 0.3) is 0 Å². The summed E-state index contributed by atoms with van der Waals surface area (Å²) in [7, 11) is -13.4. The van der Waals surface area contributed by atoms with E-state index >= 15 is 0 Å². The average molecular weight is 663 g/mol. The van der Waals surface area contributed by atoms with Crippen LogP contribution in [0.1, 0.15) is 105 Å². The van der Waals surface area contributed by atoms with E-state index < -0.39 is 31.1 Å². The number of rotatable bonds is 21. The Hall–Kier alpha value is -1.39. The normalized spacial score (nSPS) is 12.9. The van der Waals surface area contributed by atoms with Crippen LogP contribution in [0.15, 0.2) is 12.2 Å². The number of quaternary nitrogens is 1. The van der Waals surface area contributed by atoms with Crippen molar-refractivity contribution >= 4 is 26.0 Å². The molecule has 0 amide bonds. The summed E-state index contributed by atoms with van der Waals surface area (Å²) in [5, 5.41) is 0. The third-order valence-corrected chi connectivity index (χ3v) is 9.09. The van der Waals surface area contributed by atoms with E-state index in [1.54, 1.807) is 6.92 Å². The Morgan fingerprint density at radius 3 is 1.38 bits per heavy atom. The molecule has 0 saturated carbocycles. The summed E-state index contributed by atoms with van der Waals surface area (Å²) < 4.78 is 116. The minimum atomic E-state index is -6.72. The Balaban J connectivity index is 0. The van der Waals surface area contributed by atoms with Gasteiger partial charge in [-0.3, -0.25) is 0 Å². The van der Waals surface area contributed by atoms with E-state index in [-0.39, 0.29) is 5.97 Å². The SMILES string of the molecule is C=C(C)C(=O)OCCCCCC[N+](CCCC)(CCCC)CCCCCC.O=S(=O)([N-]S(=O)(=O)C(F)(F)F)C(F)(F)F. The van der Waals surface area contributed by atoms with Gasteiger partial charge in [0.2, 0.25) is 0 Å². The molecule has 0 aliphatic heterocycles. The predicted octanol–water partition coefficient (Wildman–Crippen LogP) is 7.72. The molecule has 0 saturated heterocycles. The van der Waals surface area contributed by atoms with Gasteiger partial charge in [-0.2, -0.15) is 26.3 Å². The molecule has 0 heterocycles. The van der Waals surface area contributed by atoms with Crippen molar-refractivity contribution in [2.45, 2.75) is 116 Å². The van der Waals surface area contributed by atoms with Crippen LogP contribution in [-0.4, -0.2) is 71.1 Å². The van der Waals surface area contributed by atoms with Gasteiger partial charge in [-0.25, -0.2) is 21.6 Å². The molecule has 0 N–H and O–H groups in total. The number of hydrogen-bond donors (Lipinski definition) is 0. The van der Waals surface area contributed by atoms with Crippen molar-refractivity contribution in [1.29, 1.82) is 0 Å². The van der Waals surface area contributed by atoms with Gasteiger partial charge in [-0.05, 0) is 58.3 Å². The Morgan fingerprint density at radius 2 is 1.02 bits per heavy atom. The largest absolute Gasteiger partial charge is 0.480 e. The van der Waals surface area contributed by atoms with Gasteiger partial charge in [-0.1, -0.05) is 53.0 Å². The zero-order valence-electron chi connectivity index (χ0n) is 25.2. The molecule has 0 atom stereocenters. The van der Waals surface area contributed by atoms with E-state index in [4.69, 9.17) is 4.74 Å². The Bertz CT molecular complexity index is 934. The number of carbonyl (C=O) groups excluding carboxylic acids is 1. The number of halogens is 6. The van der Waals surface area contributed by atoms with Crippen LogP contribution in [0.2, 0.25) is 0 Å². The van der Waals surface area contributed by atoms with Gasteiger partial charge >= 0.3 is 17.0 Å². The number of sulfonamides is 2. The maximum Gasteiger partial charge on any atom is 0.480 e. The highest BCUT2D eigenvalue weighted by atomic mass is 32.3. The van der Waals surface area contributed by atoms with E-state index in [9.17, 15) is 48.0 Å². The molecule has 0 aromatic rings. The van der Waals surface area contributed by atoms with Crippen molar-refractivity contribution in [3.63, 3.8) is 0 Å². The van der Waals surface area contributed by atoms with Crippen molar-refractivity contribution in [2.24, 2.45) is 0 Å². The second-order valence-corrected chi connectivity index (χ2v) is 13.7. The summed E-state index contributed by atoms with van der Waals surface area (Å²) in [6.07, 6.45) is 15.5. The van der Waals surface area contributed by atoms with E-state index in [0.29, 0.717) is 12.2 Å². The van der Waals surface area contributed by atoms with Crippen LogP contribution in [0.4, 0.5) is 26.3 Å². The van der Waals surface area contributed by atoms with Crippen LogP contribution in [-0.2, 0) is 29.6 Å². The Morgan fingerprint density at radius 1 is 0.667 bits per heavy atom. The molecule has 8 nitrogen and oxygen atoms in total. The Kier molecular flexibility index (Phi) is 20.9. The lowest BCUT2D eigenvalue weighted by Gasteiger charge is -2.39. The summed E-state index contributed by atoms with van der Waals surface area (Å²) in [5.41, 5.74) is -11.9. The summed E-state index contributed by atoms with van der Waals surface area (Å²) in [5.74, 6) is -0.253. The fourth-order valence-corrected chi connectivity index (χ4v) is 5.65. The van der Waals surface area contributed by atoms with Crippen molar-refractivity contribution < 1.29 is 57.2 Å². The summed E-state index contributed by atoms with van der Waals surface area (Å²) in [4.78, 5) is 11.4. The second-order valence-electron chi connectivity index (χ2n) is 10.3. The number of esters is 1. The number of carbonyl (C=O) groups is 1. The summed E-state index contributed by atoms with van der Waals surface area (Å²) >= 11 is 0. The zero-order chi connectivity index (χ0) is 33.1. The maximum atomic E-state index is 11.4. The minimum absolute atomic E-state index is 0.253.